The molecule has 1 aromatic rings. The Morgan fingerprint density at radius 1 is 1.20 bits per heavy atom. The lowest BCUT2D eigenvalue weighted by molar-refractivity contribution is 0.0864. The summed E-state index contributed by atoms with van der Waals surface area (Å²) in [6, 6.07) is 0. The molecule has 0 radical (unpaired) electrons. The largest absolute Gasteiger partial charge is 0.356 e. The average molecular weight is 202 g/mol. The molecule has 2 aliphatic heterocycles. The zero-order valence-corrected chi connectivity index (χ0v) is 9.19. The van der Waals surface area contributed by atoms with E-state index in [-0.39, 0.29) is 17.6 Å². The Kier molecular flexibility index (Phi) is 1.61. The average Bonchev–Trinajstić information content (AvgIpc) is 2.76. The van der Waals surface area contributed by atoms with Gasteiger partial charge in [-0.15, -0.1) is 0 Å². The van der Waals surface area contributed by atoms with Crippen LogP contribution in [0.1, 0.15) is 50.1 Å². The van der Waals surface area contributed by atoms with Crippen LogP contribution in [-0.4, -0.2) is 9.97 Å². The highest BCUT2D eigenvalue weighted by molar-refractivity contribution is 5.37. The Hall–Kier alpha value is -1.22. The molecule has 0 aromatic carbocycles. The van der Waals surface area contributed by atoms with Gasteiger partial charge in [0.05, 0.1) is 5.69 Å². The summed E-state index contributed by atoms with van der Waals surface area (Å²) in [6.07, 6.45) is 6.23. The normalized spacial score (nSPS) is 27.1. The molecule has 0 spiro atoms. The van der Waals surface area contributed by atoms with Gasteiger partial charge in [0.15, 0.2) is 0 Å². The summed E-state index contributed by atoms with van der Waals surface area (Å²) in [5.74, 6) is 0.894. The van der Waals surface area contributed by atoms with Crippen LogP contribution < -0.4 is 0 Å². The van der Waals surface area contributed by atoms with E-state index in [9.17, 15) is 0 Å². The first kappa shape index (κ1) is 9.04. The van der Waals surface area contributed by atoms with Crippen LogP contribution in [0.25, 0.3) is 0 Å². The maximum Gasteiger partial charge on any atom is 0.133 e. The van der Waals surface area contributed by atoms with Gasteiger partial charge in [0.25, 0.3) is 0 Å². The molecule has 0 aliphatic carbocycles. The molecule has 2 bridgehead atoms. The molecule has 0 N–H and O–H groups in total. The molecule has 0 fully saturated rings. The first-order chi connectivity index (χ1) is 7.05. The Bertz CT molecular complexity index is 445. The zero-order chi connectivity index (χ0) is 10.6. The van der Waals surface area contributed by atoms with Crippen molar-refractivity contribution in [3.8, 4) is 0 Å². The lowest BCUT2D eigenvalue weighted by Crippen LogP contribution is -2.17. The molecule has 0 saturated heterocycles. The third-order valence-corrected chi connectivity index (χ3v) is 2.85. The quantitative estimate of drug-likeness (QED) is 0.606. The molecule has 3 heterocycles. The van der Waals surface area contributed by atoms with Crippen LogP contribution in [0.2, 0.25) is 0 Å². The second-order valence-corrected chi connectivity index (χ2v) is 5.15. The van der Waals surface area contributed by atoms with E-state index < -0.39 is 0 Å². The molecule has 78 valence electrons. The topological polar surface area (TPSA) is 35.0 Å². The maximum atomic E-state index is 5.70. The van der Waals surface area contributed by atoms with E-state index in [1.165, 1.54) is 0 Å². The molecule has 1 aromatic heterocycles. The summed E-state index contributed by atoms with van der Waals surface area (Å²) in [4.78, 5) is 9.04. The summed E-state index contributed by atoms with van der Waals surface area (Å²) < 4.78 is 5.70. The molecule has 3 rings (SSSR count). The van der Waals surface area contributed by atoms with Crippen molar-refractivity contribution in [3.05, 3.63) is 35.4 Å². The van der Waals surface area contributed by atoms with Crippen LogP contribution in [0.15, 0.2) is 18.3 Å². The summed E-state index contributed by atoms with van der Waals surface area (Å²) in [7, 11) is 0. The number of rotatable bonds is 0. The highest BCUT2D eigenvalue weighted by Gasteiger charge is 2.36. The summed E-state index contributed by atoms with van der Waals surface area (Å²) >= 11 is 0. The number of hydrogen-bond acceptors (Lipinski definition) is 3. The van der Waals surface area contributed by atoms with Gasteiger partial charge in [-0.1, -0.05) is 32.9 Å². The highest BCUT2D eigenvalue weighted by Crippen LogP contribution is 2.44. The van der Waals surface area contributed by atoms with Gasteiger partial charge < -0.3 is 4.74 Å². The molecule has 15 heavy (non-hydrogen) atoms. The van der Waals surface area contributed by atoms with Crippen molar-refractivity contribution < 1.29 is 4.74 Å². The number of fused-ring (bicyclic) bond motifs is 5. The minimum absolute atomic E-state index is 0.000574. The van der Waals surface area contributed by atoms with Crippen LogP contribution in [0.3, 0.4) is 0 Å². The van der Waals surface area contributed by atoms with Crippen LogP contribution in [0.5, 0.6) is 0 Å². The Morgan fingerprint density at radius 3 is 2.67 bits per heavy atom. The standard InChI is InChI=1S/C12H14N2O/c1-12(2,3)11-13-6-7-8-4-5-9(15-8)10(7)14-11/h4-6,8-9H,1-3H3. The lowest BCUT2D eigenvalue weighted by Gasteiger charge is -2.18. The van der Waals surface area contributed by atoms with Gasteiger partial charge in [0.1, 0.15) is 18.0 Å². The van der Waals surface area contributed by atoms with E-state index in [4.69, 9.17) is 4.74 Å². The fourth-order valence-corrected chi connectivity index (χ4v) is 2.00. The van der Waals surface area contributed by atoms with Crippen molar-refractivity contribution in [2.75, 3.05) is 0 Å². The second kappa shape index (κ2) is 2.67. The van der Waals surface area contributed by atoms with E-state index in [1.807, 2.05) is 6.20 Å². The summed E-state index contributed by atoms with van der Waals surface area (Å²) in [5.41, 5.74) is 2.19. The van der Waals surface area contributed by atoms with Crippen molar-refractivity contribution in [3.63, 3.8) is 0 Å². The van der Waals surface area contributed by atoms with Crippen molar-refractivity contribution >= 4 is 0 Å². The van der Waals surface area contributed by atoms with Gasteiger partial charge in [-0.25, -0.2) is 9.97 Å². The molecule has 2 aliphatic rings. The minimum Gasteiger partial charge on any atom is -0.356 e. The minimum atomic E-state index is 0.000574. The zero-order valence-electron chi connectivity index (χ0n) is 9.19. The number of aromatic nitrogens is 2. The molecule has 2 unspecified atom stereocenters. The number of nitrogens with zero attached hydrogens (tertiary/aromatic N) is 2. The molecular formula is C12H14N2O. The number of ether oxygens (including phenoxy) is 1. The maximum absolute atomic E-state index is 5.70. The van der Waals surface area contributed by atoms with Crippen molar-refractivity contribution in [2.45, 2.75) is 38.4 Å². The van der Waals surface area contributed by atoms with Crippen molar-refractivity contribution in [2.24, 2.45) is 0 Å². The number of hydrogen-bond donors (Lipinski definition) is 0. The van der Waals surface area contributed by atoms with Crippen LogP contribution >= 0.6 is 0 Å². The van der Waals surface area contributed by atoms with Crippen LogP contribution in [0.4, 0.5) is 0 Å². The first-order valence-electron chi connectivity index (χ1n) is 5.27. The van der Waals surface area contributed by atoms with E-state index >= 15 is 0 Å². The summed E-state index contributed by atoms with van der Waals surface area (Å²) in [6.45, 7) is 6.37. The molecule has 0 saturated carbocycles. The predicted molar refractivity (Wildman–Crippen MR) is 56.4 cm³/mol. The van der Waals surface area contributed by atoms with Crippen LogP contribution in [0, 0.1) is 0 Å². The molecular weight excluding hydrogens is 188 g/mol. The third kappa shape index (κ3) is 1.23. The fourth-order valence-electron chi connectivity index (χ4n) is 2.00. The van der Waals surface area contributed by atoms with E-state index in [0.29, 0.717) is 0 Å². The fraction of sp³-hybridized carbons (Fsp3) is 0.500. The van der Waals surface area contributed by atoms with E-state index in [1.54, 1.807) is 0 Å². The van der Waals surface area contributed by atoms with Crippen molar-refractivity contribution in [1.29, 1.82) is 0 Å². The Labute approximate surface area is 89.2 Å². The van der Waals surface area contributed by atoms with Gasteiger partial charge in [-0.05, 0) is 0 Å². The lowest BCUT2D eigenvalue weighted by atomic mass is 9.94. The van der Waals surface area contributed by atoms with Gasteiger partial charge in [0, 0.05) is 17.2 Å². The molecule has 0 amide bonds. The Balaban J connectivity index is 2.10. The monoisotopic (exact) mass is 202 g/mol. The van der Waals surface area contributed by atoms with Gasteiger partial charge in [-0.2, -0.15) is 0 Å². The smallest absolute Gasteiger partial charge is 0.133 e. The van der Waals surface area contributed by atoms with Gasteiger partial charge >= 0.3 is 0 Å². The second-order valence-electron chi connectivity index (χ2n) is 5.15. The molecule has 2 atom stereocenters. The molecule has 3 nitrogen and oxygen atoms in total. The highest BCUT2D eigenvalue weighted by atomic mass is 16.5. The van der Waals surface area contributed by atoms with Crippen LogP contribution in [-0.2, 0) is 10.2 Å². The summed E-state index contributed by atoms with van der Waals surface area (Å²) in [5, 5.41) is 0. The van der Waals surface area contributed by atoms with E-state index in [2.05, 4.69) is 42.9 Å². The van der Waals surface area contributed by atoms with Gasteiger partial charge in [0.2, 0.25) is 0 Å². The SMILES string of the molecule is CC(C)(C)c1ncc2c(n1)C1C=CC2O1. The van der Waals surface area contributed by atoms with E-state index in [0.717, 1.165) is 17.1 Å². The van der Waals surface area contributed by atoms with Gasteiger partial charge in [-0.3, -0.25) is 0 Å². The third-order valence-electron chi connectivity index (χ3n) is 2.85. The first-order valence-corrected chi connectivity index (χ1v) is 5.27. The Morgan fingerprint density at radius 2 is 1.93 bits per heavy atom. The van der Waals surface area contributed by atoms with Crippen molar-refractivity contribution in [1.82, 2.24) is 9.97 Å². The predicted octanol–water partition coefficient (Wildman–Crippen LogP) is 2.46. The molecule has 3 heteroatoms.